The van der Waals surface area contributed by atoms with Crippen LogP contribution in [-0.4, -0.2) is 38.4 Å². The fraction of sp³-hybridized carbons (Fsp3) is 0.120. The van der Waals surface area contributed by atoms with E-state index in [9.17, 15) is 0 Å². The number of nitrogens with one attached hydrogen (secondary N) is 1. The molecule has 0 saturated carbocycles. The molecule has 0 spiro atoms. The third-order valence-corrected chi connectivity index (χ3v) is 5.32. The minimum Gasteiger partial charge on any atom is -0.496 e. The number of aromatic nitrogens is 5. The Morgan fingerprint density at radius 3 is 2.52 bits per heavy atom. The number of pyridine rings is 1. The van der Waals surface area contributed by atoms with E-state index >= 15 is 0 Å². The first-order valence-electron chi connectivity index (χ1n) is 10.6. The number of methoxy groups -OCH3 is 1. The molecule has 0 bridgehead atoms. The molecule has 3 N–H and O–H groups in total. The maximum atomic E-state index is 6.58. The van der Waals surface area contributed by atoms with Crippen LogP contribution in [0.4, 0.5) is 11.8 Å². The number of benzene rings is 2. The standard InChI is InChI=1S/C25H23N7O/c1-33-20-13-6-5-12-19(20)22-21-23(26)32(18-10-3-2-4-11-18)31-24(21)30-25(29-22)28-16-14-17-9-7-8-15-27-17/h2-13,15H,14,16,26H2,1H3,(H,28,30,31). The van der Waals surface area contributed by atoms with Crippen molar-refractivity contribution in [3.63, 3.8) is 0 Å². The zero-order valence-corrected chi connectivity index (χ0v) is 18.1. The summed E-state index contributed by atoms with van der Waals surface area (Å²) in [6.45, 7) is 0.628. The topological polar surface area (TPSA) is 104 Å². The summed E-state index contributed by atoms with van der Waals surface area (Å²) in [5, 5.41) is 8.69. The molecule has 8 nitrogen and oxygen atoms in total. The van der Waals surface area contributed by atoms with E-state index < -0.39 is 0 Å². The lowest BCUT2D eigenvalue weighted by Gasteiger charge is -2.11. The first-order valence-corrected chi connectivity index (χ1v) is 10.6. The second kappa shape index (κ2) is 8.96. The van der Waals surface area contributed by atoms with E-state index in [1.54, 1.807) is 18.0 Å². The zero-order chi connectivity index (χ0) is 22.6. The highest BCUT2D eigenvalue weighted by Gasteiger charge is 2.21. The molecule has 0 aliphatic heterocycles. The van der Waals surface area contributed by atoms with Gasteiger partial charge in [0.05, 0.1) is 23.9 Å². The number of ether oxygens (including phenoxy) is 1. The summed E-state index contributed by atoms with van der Waals surface area (Å²) in [7, 11) is 1.64. The number of hydrogen-bond donors (Lipinski definition) is 2. The van der Waals surface area contributed by atoms with Gasteiger partial charge in [0.1, 0.15) is 11.6 Å². The van der Waals surface area contributed by atoms with Crippen LogP contribution in [0.15, 0.2) is 79.0 Å². The summed E-state index contributed by atoms with van der Waals surface area (Å²) >= 11 is 0. The van der Waals surface area contributed by atoms with E-state index in [1.165, 1.54) is 0 Å². The lowest BCUT2D eigenvalue weighted by atomic mass is 10.1. The summed E-state index contributed by atoms with van der Waals surface area (Å²) in [4.78, 5) is 13.8. The predicted molar refractivity (Wildman–Crippen MR) is 129 cm³/mol. The SMILES string of the molecule is COc1ccccc1-c1nc(NCCc2ccccn2)nc2nn(-c3ccccc3)c(N)c12. The Labute approximate surface area is 191 Å². The van der Waals surface area contributed by atoms with Crippen molar-refractivity contribution < 1.29 is 4.74 Å². The van der Waals surface area contributed by atoms with E-state index in [4.69, 9.17) is 20.6 Å². The maximum Gasteiger partial charge on any atom is 0.225 e. The number of nitrogens with zero attached hydrogens (tertiary/aromatic N) is 5. The highest BCUT2D eigenvalue weighted by molar-refractivity contribution is 6.00. The van der Waals surface area contributed by atoms with Crippen LogP contribution in [0.25, 0.3) is 28.0 Å². The Morgan fingerprint density at radius 2 is 1.73 bits per heavy atom. The zero-order valence-electron chi connectivity index (χ0n) is 18.1. The minimum absolute atomic E-state index is 0.469. The molecule has 3 heterocycles. The molecule has 164 valence electrons. The van der Waals surface area contributed by atoms with Crippen molar-refractivity contribution in [1.29, 1.82) is 0 Å². The molecule has 0 saturated heterocycles. The highest BCUT2D eigenvalue weighted by Crippen LogP contribution is 2.37. The molecule has 5 aromatic rings. The lowest BCUT2D eigenvalue weighted by Crippen LogP contribution is -2.09. The molecule has 3 aromatic heterocycles. The Morgan fingerprint density at radius 1 is 0.939 bits per heavy atom. The van der Waals surface area contributed by atoms with Crippen molar-refractivity contribution in [2.24, 2.45) is 0 Å². The molecule has 0 unspecified atom stereocenters. The van der Waals surface area contributed by atoms with Gasteiger partial charge in [0.15, 0.2) is 5.65 Å². The van der Waals surface area contributed by atoms with Crippen molar-refractivity contribution in [3.8, 4) is 22.7 Å². The number of nitrogen functional groups attached to an aromatic ring is 1. The van der Waals surface area contributed by atoms with Crippen LogP contribution < -0.4 is 15.8 Å². The third-order valence-electron chi connectivity index (χ3n) is 5.32. The number of para-hydroxylation sites is 2. The summed E-state index contributed by atoms with van der Waals surface area (Å²) in [5.41, 5.74) is 10.4. The van der Waals surface area contributed by atoms with E-state index in [-0.39, 0.29) is 0 Å². The average molecular weight is 438 g/mol. The van der Waals surface area contributed by atoms with Gasteiger partial charge in [-0.25, -0.2) is 9.67 Å². The molecular weight excluding hydrogens is 414 g/mol. The van der Waals surface area contributed by atoms with Gasteiger partial charge in [-0.2, -0.15) is 4.98 Å². The van der Waals surface area contributed by atoms with E-state index in [2.05, 4.69) is 15.3 Å². The van der Waals surface area contributed by atoms with Crippen molar-refractivity contribution in [3.05, 3.63) is 84.7 Å². The normalized spacial score (nSPS) is 10.9. The van der Waals surface area contributed by atoms with Crippen molar-refractivity contribution in [2.75, 3.05) is 24.7 Å². The average Bonchev–Trinajstić information content (AvgIpc) is 3.21. The number of hydrogen-bond acceptors (Lipinski definition) is 7. The molecule has 0 fully saturated rings. The Kier molecular flexibility index (Phi) is 5.55. The van der Waals surface area contributed by atoms with Crippen molar-refractivity contribution in [1.82, 2.24) is 24.7 Å². The van der Waals surface area contributed by atoms with E-state index in [0.717, 1.165) is 23.4 Å². The summed E-state index contributed by atoms with van der Waals surface area (Å²) in [6.07, 6.45) is 2.53. The van der Waals surface area contributed by atoms with Crippen molar-refractivity contribution >= 4 is 22.8 Å². The molecule has 0 amide bonds. The summed E-state index contributed by atoms with van der Waals surface area (Å²) in [6, 6.07) is 23.3. The fourth-order valence-corrected chi connectivity index (χ4v) is 3.74. The molecular formula is C25H23N7O. The van der Waals surface area contributed by atoms with Gasteiger partial charge >= 0.3 is 0 Å². The molecule has 0 radical (unpaired) electrons. The number of fused-ring (bicyclic) bond motifs is 1. The van der Waals surface area contributed by atoms with Crippen LogP contribution in [-0.2, 0) is 6.42 Å². The molecule has 8 heteroatoms. The molecule has 5 rings (SSSR count). The van der Waals surface area contributed by atoms with E-state index in [0.29, 0.717) is 40.8 Å². The second-order valence-corrected chi connectivity index (χ2v) is 7.43. The highest BCUT2D eigenvalue weighted by atomic mass is 16.5. The quantitative estimate of drug-likeness (QED) is 0.395. The van der Waals surface area contributed by atoms with Crippen molar-refractivity contribution in [2.45, 2.75) is 6.42 Å². The van der Waals surface area contributed by atoms with Gasteiger partial charge in [-0.1, -0.05) is 36.4 Å². The summed E-state index contributed by atoms with van der Waals surface area (Å²) in [5.74, 6) is 1.64. The van der Waals surface area contributed by atoms with E-state index in [1.807, 2.05) is 72.8 Å². The fourth-order valence-electron chi connectivity index (χ4n) is 3.74. The molecule has 33 heavy (non-hydrogen) atoms. The molecule has 0 aliphatic rings. The first-order chi connectivity index (χ1) is 16.2. The lowest BCUT2D eigenvalue weighted by molar-refractivity contribution is 0.416. The van der Waals surface area contributed by atoms with Crippen LogP contribution in [0.3, 0.4) is 0 Å². The van der Waals surface area contributed by atoms with Gasteiger partial charge in [0, 0.05) is 30.4 Å². The Bertz CT molecular complexity index is 1380. The molecule has 0 atom stereocenters. The Balaban J connectivity index is 1.60. The largest absolute Gasteiger partial charge is 0.496 e. The van der Waals surface area contributed by atoms with Crippen LogP contribution >= 0.6 is 0 Å². The molecule has 0 aliphatic carbocycles. The predicted octanol–water partition coefficient (Wildman–Crippen LogP) is 4.12. The van der Waals surface area contributed by atoms with Crippen LogP contribution in [0, 0.1) is 0 Å². The van der Waals surface area contributed by atoms with Crippen LogP contribution in [0.5, 0.6) is 5.75 Å². The number of nitrogens with two attached hydrogens (primary N) is 1. The van der Waals surface area contributed by atoms with Crippen LogP contribution in [0.1, 0.15) is 5.69 Å². The van der Waals surface area contributed by atoms with Gasteiger partial charge in [-0.15, -0.1) is 5.10 Å². The first kappa shape index (κ1) is 20.4. The third kappa shape index (κ3) is 4.06. The molecule has 2 aromatic carbocycles. The van der Waals surface area contributed by atoms with Gasteiger partial charge in [0.2, 0.25) is 5.95 Å². The van der Waals surface area contributed by atoms with Gasteiger partial charge in [0.25, 0.3) is 0 Å². The smallest absolute Gasteiger partial charge is 0.225 e. The van der Waals surface area contributed by atoms with Gasteiger partial charge in [-0.05, 0) is 36.4 Å². The second-order valence-electron chi connectivity index (χ2n) is 7.43. The number of anilines is 2. The minimum atomic E-state index is 0.469. The summed E-state index contributed by atoms with van der Waals surface area (Å²) < 4.78 is 7.29. The maximum absolute atomic E-state index is 6.58. The number of rotatable bonds is 7. The van der Waals surface area contributed by atoms with Crippen LogP contribution in [0.2, 0.25) is 0 Å². The van der Waals surface area contributed by atoms with Gasteiger partial charge in [-0.3, -0.25) is 4.98 Å². The van der Waals surface area contributed by atoms with Gasteiger partial charge < -0.3 is 15.8 Å². The Hall–Kier alpha value is -4.46. The monoisotopic (exact) mass is 437 g/mol.